The maximum absolute atomic E-state index is 11.8. The third kappa shape index (κ3) is 2.92. The zero-order valence-corrected chi connectivity index (χ0v) is 14.2. The smallest absolute Gasteiger partial charge is 0.240 e. The highest BCUT2D eigenvalue weighted by Crippen LogP contribution is 2.41. The molecule has 0 spiro atoms. The Morgan fingerprint density at radius 1 is 1.48 bits per heavy atom. The van der Waals surface area contributed by atoms with E-state index in [1.165, 1.54) is 13.1 Å². The second-order valence-electron chi connectivity index (χ2n) is 6.44. The number of ether oxygens (including phenoxy) is 1. The number of nitriles is 1. The molecule has 1 aliphatic rings. The lowest BCUT2D eigenvalue weighted by Gasteiger charge is -2.42. The first kappa shape index (κ1) is 16.9. The molecule has 7 heteroatoms. The number of carbonyl (C=O) groups is 1. The van der Waals surface area contributed by atoms with Crippen LogP contribution in [0, 0.1) is 11.5 Å². The van der Waals surface area contributed by atoms with Gasteiger partial charge < -0.3 is 14.4 Å². The molecule has 3 rings (SSSR count). The van der Waals surface area contributed by atoms with Crippen molar-refractivity contribution in [3.05, 3.63) is 53.4 Å². The van der Waals surface area contributed by atoms with Crippen molar-refractivity contribution in [2.45, 2.75) is 38.5 Å². The number of hydrogen-bond acceptors (Lipinski definition) is 6. The number of nitrogens with zero attached hydrogens (tertiary/aromatic N) is 4. The Balaban J connectivity index is 2.29. The maximum atomic E-state index is 11.8. The lowest BCUT2D eigenvalue weighted by Crippen LogP contribution is -2.52. The first-order valence-corrected chi connectivity index (χ1v) is 7.83. The van der Waals surface area contributed by atoms with Crippen LogP contribution in [0.4, 0.5) is 0 Å². The van der Waals surface area contributed by atoms with Gasteiger partial charge in [0.15, 0.2) is 5.78 Å². The first-order valence-electron chi connectivity index (χ1n) is 7.83. The Kier molecular flexibility index (Phi) is 4.15. The van der Waals surface area contributed by atoms with Gasteiger partial charge in [0.2, 0.25) is 11.8 Å². The summed E-state index contributed by atoms with van der Waals surface area (Å²) >= 11 is 0. The Hall–Kier alpha value is -2.98. The summed E-state index contributed by atoms with van der Waals surface area (Å²) in [5, 5.41) is 19.9. The summed E-state index contributed by atoms with van der Waals surface area (Å²) in [4.78, 5) is 19.6. The SMILES string of the molecule is CC(=O)c1ccc2c(c1)[C@@H](n1cccnc1=NC#N)[C@H](O)C(C)(C)O2. The number of fused-ring (bicyclic) bond motifs is 1. The molecule has 2 atom stereocenters. The molecule has 0 radical (unpaired) electrons. The predicted octanol–water partition coefficient (Wildman–Crippen LogP) is 1.59. The Labute approximate surface area is 144 Å². The fourth-order valence-corrected chi connectivity index (χ4v) is 3.01. The van der Waals surface area contributed by atoms with E-state index >= 15 is 0 Å². The zero-order valence-electron chi connectivity index (χ0n) is 14.2. The number of ketones is 1. The third-order valence-electron chi connectivity index (χ3n) is 4.32. The van der Waals surface area contributed by atoms with Gasteiger partial charge in [-0.05, 0) is 45.0 Å². The molecule has 0 saturated heterocycles. The lowest BCUT2D eigenvalue weighted by atomic mass is 9.85. The van der Waals surface area contributed by atoms with E-state index in [2.05, 4.69) is 9.98 Å². The highest BCUT2D eigenvalue weighted by molar-refractivity contribution is 5.94. The zero-order chi connectivity index (χ0) is 18.2. The lowest BCUT2D eigenvalue weighted by molar-refractivity contribution is -0.0646. The monoisotopic (exact) mass is 338 g/mol. The van der Waals surface area contributed by atoms with Gasteiger partial charge in [0.1, 0.15) is 17.5 Å². The molecule has 0 saturated carbocycles. The maximum Gasteiger partial charge on any atom is 0.240 e. The summed E-state index contributed by atoms with van der Waals surface area (Å²) in [6, 6.07) is 6.22. The minimum absolute atomic E-state index is 0.0843. The van der Waals surface area contributed by atoms with Crippen LogP contribution in [0.25, 0.3) is 0 Å². The van der Waals surface area contributed by atoms with Crippen LogP contribution in [0.15, 0.2) is 41.7 Å². The summed E-state index contributed by atoms with van der Waals surface area (Å²) in [6.45, 7) is 5.05. The minimum Gasteiger partial charge on any atom is -0.485 e. The van der Waals surface area contributed by atoms with Gasteiger partial charge in [-0.3, -0.25) is 4.79 Å². The molecule has 1 N–H and O–H groups in total. The molecule has 1 aromatic heterocycles. The van der Waals surface area contributed by atoms with E-state index < -0.39 is 17.7 Å². The molecule has 0 bridgehead atoms. The quantitative estimate of drug-likeness (QED) is 0.662. The van der Waals surface area contributed by atoms with E-state index in [-0.39, 0.29) is 11.4 Å². The largest absolute Gasteiger partial charge is 0.485 e. The average Bonchev–Trinajstić information content (AvgIpc) is 2.56. The summed E-state index contributed by atoms with van der Waals surface area (Å²) in [6.07, 6.45) is 4.01. The Morgan fingerprint density at radius 2 is 2.24 bits per heavy atom. The van der Waals surface area contributed by atoms with Gasteiger partial charge in [-0.2, -0.15) is 5.26 Å². The fourth-order valence-electron chi connectivity index (χ4n) is 3.01. The van der Waals surface area contributed by atoms with E-state index in [9.17, 15) is 9.90 Å². The highest BCUT2D eigenvalue weighted by Gasteiger charge is 2.44. The average molecular weight is 338 g/mol. The molecule has 0 amide bonds. The van der Waals surface area contributed by atoms with Crippen molar-refractivity contribution in [1.82, 2.24) is 9.55 Å². The van der Waals surface area contributed by atoms with E-state index in [1.54, 1.807) is 55.1 Å². The van der Waals surface area contributed by atoms with Crippen molar-refractivity contribution < 1.29 is 14.6 Å². The first-order chi connectivity index (χ1) is 11.8. The van der Waals surface area contributed by atoms with Crippen molar-refractivity contribution in [1.29, 1.82) is 5.26 Å². The van der Waals surface area contributed by atoms with Crippen LogP contribution in [0.2, 0.25) is 0 Å². The van der Waals surface area contributed by atoms with Crippen LogP contribution < -0.4 is 10.4 Å². The number of Topliss-reactive ketones (excluding diaryl/α,β-unsaturated/α-hetero) is 1. The Morgan fingerprint density at radius 3 is 2.92 bits per heavy atom. The van der Waals surface area contributed by atoms with Crippen molar-refractivity contribution in [2.75, 3.05) is 0 Å². The van der Waals surface area contributed by atoms with Gasteiger partial charge in [-0.1, -0.05) is 0 Å². The van der Waals surface area contributed by atoms with Crippen LogP contribution in [0.1, 0.15) is 42.7 Å². The molecule has 128 valence electrons. The van der Waals surface area contributed by atoms with Crippen LogP contribution in [-0.4, -0.2) is 32.1 Å². The van der Waals surface area contributed by atoms with Crippen molar-refractivity contribution in [3.8, 4) is 11.9 Å². The number of carbonyl (C=O) groups excluding carboxylic acids is 1. The van der Waals surface area contributed by atoms with E-state index in [0.717, 1.165) is 0 Å². The molecule has 7 nitrogen and oxygen atoms in total. The van der Waals surface area contributed by atoms with Crippen LogP contribution >= 0.6 is 0 Å². The molecule has 0 aliphatic carbocycles. The summed E-state index contributed by atoms with van der Waals surface area (Å²) in [5.41, 5.74) is 0.461. The van der Waals surface area contributed by atoms with Gasteiger partial charge in [0.05, 0.1) is 6.04 Å². The van der Waals surface area contributed by atoms with Crippen molar-refractivity contribution in [2.24, 2.45) is 4.99 Å². The third-order valence-corrected chi connectivity index (χ3v) is 4.32. The predicted molar refractivity (Wildman–Crippen MR) is 88.7 cm³/mol. The summed E-state index contributed by atoms with van der Waals surface area (Å²) in [5.74, 6) is 0.489. The second kappa shape index (κ2) is 6.15. The van der Waals surface area contributed by atoms with Gasteiger partial charge in [0, 0.05) is 23.5 Å². The highest BCUT2D eigenvalue weighted by atomic mass is 16.5. The summed E-state index contributed by atoms with van der Waals surface area (Å²) < 4.78 is 7.55. The number of hydrogen-bond donors (Lipinski definition) is 1. The molecule has 2 aromatic rings. The molecule has 0 unspecified atom stereocenters. The topological polar surface area (TPSA) is 100 Å². The van der Waals surface area contributed by atoms with E-state index in [1.807, 2.05) is 0 Å². The molecule has 1 aliphatic heterocycles. The van der Waals surface area contributed by atoms with E-state index in [0.29, 0.717) is 16.9 Å². The molecule has 1 aromatic carbocycles. The molecular formula is C18H18N4O3. The van der Waals surface area contributed by atoms with Crippen LogP contribution in [0.5, 0.6) is 5.75 Å². The van der Waals surface area contributed by atoms with Gasteiger partial charge in [-0.25, -0.2) is 4.98 Å². The van der Waals surface area contributed by atoms with Gasteiger partial charge >= 0.3 is 0 Å². The van der Waals surface area contributed by atoms with Crippen LogP contribution in [-0.2, 0) is 0 Å². The van der Waals surface area contributed by atoms with Gasteiger partial charge in [-0.15, -0.1) is 4.99 Å². The number of aliphatic hydroxyl groups excluding tert-OH is 1. The summed E-state index contributed by atoms with van der Waals surface area (Å²) in [7, 11) is 0. The van der Waals surface area contributed by atoms with Gasteiger partial charge in [0.25, 0.3) is 0 Å². The molecule has 0 fully saturated rings. The fraction of sp³-hybridized carbons (Fsp3) is 0.333. The molecule has 25 heavy (non-hydrogen) atoms. The van der Waals surface area contributed by atoms with E-state index in [4.69, 9.17) is 10.00 Å². The number of benzene rings is 1. The number of aromatic nitrogens is 2. The molecular weight excluding hydrogens is 320 g/mol. The number of rotatable bonds is 2. The van der Waals surface area contributed by atoms with Crippen LogP contribution in [0.3, 0.4) is 0 Å². The van der Waals surface area contributed by atoms with Crippen molar-refractivity contribution in [3.63, 3.8) is 0 Å². The minimum atomic E-state index is -0.941. The van der Waals surface area contributed by atoms with Crippen molar-refractivity contribution >= 4 is 5.78 Å². The Bertz CT molecular complexity index is 940. The molecule has 2 heterocycles. The standard InChI is InChI=1S/C18H18N4O3/c1-11(23)12-5-6-14-13(9-12)15(16(24)18(2,3)25-14)22-8-4-7-20-17(22)21-10-19/h4-9,15-16,24H,1-3H3/t15-,16+/m1/s1. The normalized spacial score (nSPS) is 21.8. The number of aliphatic hydroxyl groups is 1. The second-order valence-corrected chi connectivity index (χ2v) is 6.44.